The van der Waals surface area contributed by atoms with Crippen LogP contribution in [0.1, 0.15) is 51.7 Å². The smallest absolute Gasteiger partial charge is 0.320 e. The molecule has 3 rings (SSSR count). The molecule has 0 bridgehead atoms. The van der Waals surface area contributed by atoms with Crippen molar-refractivity contribution in [3.8, 4) is 0 Å². The molecular weight excluding hydrogens is 366 g/mol. The van der Waals surface area contributed by atoms with Gasteiger partial charge in [-0.1, -0.05) is 11.6 Å². The van der Waals surface area contributed by atoms with Crippen LogP contribution in [0.4, 0.5) is 4.79 Å². The molecule has 1 aliphatic rings. The molecule has 2 aromatic rings. The number of rotatable bonds is 6. The third-order valence-electron chi connectivity index (χ3n) is 5.49. The van der Waals surface area contributed by atoms with Crippen molar-refractivity contribution >= 4 is 16.9 Å². The van der Waals surface area contributed by atoms with E-state index in [2.05, 4.69) is 11.1 Å². The van der Waals surface area contributed by atoms with Gasteiger partial charge in [0.25, 0.3) is 5.56 Å². The summed E-state index contributed by atoms with van der Waals surface area (Å²) in [5.41, 5.74) is 2.40. The Morgan fingerprint density at radius 3 is 2.55 bits per heavy atom. The first-order chi connectivity index (χ1) is 13.8. The van der Waals surface area contributed by atoms with Crippen molar-refractivity contribution in [2.24, 2.45) is 0 Å². The molecule has 2 heterocycles. The second-order valence-corrected chi connectivity index (χ2v) is 8.61. The van der Waals surface area contributed by atoms with E-state index in [4.69, 9.17) is 4.74 Å². The van der Waals surface area contributed by atoms with Crippen LogP contribution >= 0.6 is 0 Å². The molecule has 1 fully saturated rings. The number of fused-ring (bicyclic) bond motifs is 1. The predicted octanol–water partition coefficient (Wildman–Crippen LogP) is 4.06. The number of urea groups is 1. The maximum absolute atomic E-state index is 13.4. The highest BCUT2D eigenvalue weighted by atomic mass is 16.5. The maximum atomic E-state index is 13.4. The number of hydrogen-bond donors (Lipinski definition) is 1. The van der Waals surface area contributed by atoms with E-state index >= 15 is 0 Å². The van der Waals surface area contributed by atoms with Crippen LogP contribution in [-0.4, -0.2) is 52.2 Å². The third-order valence-corrected chi connectivity index (χ3v) is 5.49. The summed E-state index contributed by atoms with van der Waals surface area (Å²) in [6.07, 6.45) is 1.99. The van der Waals surface area contributed by atoms with Crippen molar-refractivity contribution in [3.63, 3.8) is 0 Å². The van der Waals surface area contributed by atoms with Crippen LogP contribution in [0.25, 0.3) is 10.9 Å². The molecule has 6 nitrogen and oxygen atoms in total. The van der Waals surface area contributed by atoms with Crippen molar-refractivity contribution in [1.82, 2.24) is 14.8 Å². The lowest BCUT2D eigenvalue weighted by atomic mass is 10.1. The molecule has 1 aliphatic heterocycles. The van der Waals surface area contributed by atoms with Gasteiger partial charge in [0, 0.05) is 36.3 Å². The molecule has 0 spiro atoms. The fourth-order valence-electron chi connectivity index (χ4n) is 4.14. The summed E-state index contributed by atoms with van der Waals surface area (Å²) in [7, 11) is 0. The molecule has 1 saturated heterocycles. The number of ether oxygens (including phenoxy) is 1. The summed E-state index contributed by atoms with van der Waals surface area (Å²) in [4.78, 5) is 32.8. The average molecular weight is 400 g/mol. The van der Waals surface area contributed by atoms with Crippen molar-refractivity contribution in [3.05, 3.63) is 45.7 Å². The Morgan fingerprint density at radius 1 is 1.21 bits per heavy atom. The van der Waals surface area contributed by atoms with Crippen LogP contribution in [0.3, 0.4) is 0 Å². The normalized spacial score (nSPS) is 16.7. The lowest BCUT2D eigenvalue weighted by Crippen LogP contribution is -2.51. The molecule has 0 aliphatic carbocycles. The van der Waals surface area contributed by atoms with Gasteiger partial charge in [0.15, 0.2) is 0 Å². The predicted molar refractivity (Wildman–Crippen MR) is 116 cm³/mol. The van der Waals surface area contributed by atoms with E-state index in [1.54, 1.807) is 4.90 Å². The molecule has 1 N–H and O–H groups in total. The Hall–Kier alpha value is -2.34. The Morgan fingerprint density at radius 2 is 1.93 bits per heavy atom. The highest BCUT2D eigenvalue weighted by Gasteiger charge is 2.29. The number of carbonyl (C=O) groups excluding carboxylic acids is 1. The van der Waals surface area contributed by atoms with Crippen LogP contribution < -0.4 is 5.56 Å². The third kappa shape index (κ3) is 4.99. The number of carbonyl (C=O) groups is 1. The highest BCUT2D eigenvalue weighted by molar-refractivity contribution is 5.80. The van der Waals surface area contributed by atoms with E-state index in [-0.39, 0.29) is 36.3 Å². The number of nitrogens with one attached hydrogen (secondary N) is 1. The van der Waals surface area contributed by atoms with Gasteiger partial charge >= 0.3 is 6.03 Å². The minimum atomic E-state index is -0.146. The number of amides is 2. The number of benzene rings is 1. The van der Waals surface area contributed by atoms with Gasteiger partial charge in [-0.15, -0.1) is 0 Å². The highest BCUT2D eigenvalue weighted by Crippen LogP contribution is 2.19. The van der Waals surface area contributed by atoms with Crippen LogP contribution in [-0.2, 0) is 11.3 Å². The Kier molecular flexibility index (Phi) is 6.63. The second-order valence-electron chi connectivity index (χ2n) is 8.61. The van der Waals surface area contributed by atoms with Crippen molar-refractivity contribution in [2.45, 2.75) is 72.2 Å². The van der Waals surface area contributed by atoms with Crippen molar-refractivity contribution in [2.75, 3.05) is 13.2 Å². The summed E-state index contributed by atoms with van der Waals surface area (Å²) < 4.78 is 5.79. The second kappa shape index (κ2) is 8.99. The van der Waals surface area contributed by atoms with Gasteiger partial charge in [0.2, 0.25) is 0 Å². The van der Waals surface area contributed by atoms with Crippen LogP contribution in [0.5, 0.6) is 0 Å². The first-order valence-electron chi connectivity index (χ1n) is 10.6. The van der Waals surface area contributed by atoms with Crippen LogP contribution in [0.2, 0.25) is 0 Å². The van der Waals surface area contributed by atoms with Crippen molar-refractivity contribution in [1.29, 1.82) is 0 Å². The molecule has 1 unspecified atom stereocenters. The molecule has 6 heteroatoms. The number of aromatic nitrogens is 1. The summed E-state index contributed by atoms with van der Waals surface area (Å²) in [5, 5.41) is 0.980. The van der Waals surface area contributed by atoms with Gasteiger partial charge in [-0.3, -0.25) is 4.79 Å². The molecular formula is C23H33N3O3. The average Bonchev–Trinajstić information content (AvgIpc) is 3.14. The standard InChI is InChI=1S/C23H33N3O3/c1-15(2)26(16(3)4)23(28)25(14-20-7-6-10-29-20)13-19-12-18-11-17(5)8-9-21(18)24-22(19)27/h8-9,11-12,15-16,20H,6-7,10,13-14H2,1-5H3,(H,24,27). The Balaban J connectivity index is 1.93. The van der Waals surface area contributed by atoms with Gasteiger partial charge in [-0.25, -0.2) is 4.79 Å². The fourth-order valence-corrected chi connectivity index (χ4v) is 4.14. The Bertz CT molecular complexity index is 905. The number of aryl methyl sites for hydroxylation is 1. The summed E-state index contributed by atoms with van der Waals surface area (Å²) >= 11 is 0. The van der Waals surface area contributed by atoms with Gasteiger partial charge in [0.05, 0.1) is 12.6 Å². The minimum Gasteiger partial charge on any atom is -0.376 e. The number of H-pyrrole nitrogens is 1. The van der Waals surface area contributed by atoms with E-state index in [0.29, 0.717) is 12.1 Å². The van der Waals surface area contributed by atoms with E-state index < -0.39 is 0 Å². The molecule has 1 aromatic heterocycles. The zero-order chi connectivity index (χ0) is 21.1. The number of aromatic amines is 1. The summed E-state index contributed by atoms with van der Waals surface area (Å²) in [6.45, 7) is 11.6. The van der Waals surface area contributed by atoms with Crippen LogP contribution in [0, 0.1) is 6.92 Å². The molecule has 2 amide bonds. The zero-order valence-corrected chi connectivity index (χ0v) is 18.2. The van der Waals surface area contributed by atoms with E-state index in [1.165, 1.54) is 0 Å². The monoisotopic (exact) mass is 399 g/mol. The SMILES string of the molecule is Cc1ccc2[nH]c(=O)c(CN(CC3CCCO3)C(=O)N(C(C)C)C(C)C)cc2c1. The van der Waals surface area contributed by atoms with Crippen molar-refractivity contribution < 1.29 is 9.53 Å². The fraction of sp³-hybridized carbons (Fsp3) is 0.565. The van der Waals surface area contributed by atoms with Gasteiger partial charge in [-0.05, 0) is 71.0 Å². The number of pyridine rings is 1. The summed E-state index contributed by atoms with van der Waals surface area (Å²) in [6, 6.07) is 7.97. The molecule has 1 aromatic carbocycles. The summed E-state index contributed by atoms with van der Waals surface area (Å²) in [5.74, 6) is 0. The van der Waals surface area contributed by atoms with E-state index in [0.717, 1.165) is 35.9 Å². The minimum absolute atomic E-state index is 0.0295. The van der Waals surface area contributed by atoms with Gasteiger partial charge < -0.3 is 19.5 Å². The van der Waals surface area contributed by atoms with Crippen LogP contribution in [0.15, 0.2) is 29.1 Å². The maximum Gasteiger partial charge on any atom is 0.320 e. The Labute approximate surface area is 172 Å². The lowest BCUT2D eigenvalue weighted by molar-refractivity contribution is 0.0637. The first-order valence-corrected chi connectivity index (χ1v) is 10.6. The van der Waals surface area contributed by atoms with Gasteiger partial charge in [0.1, 0.15) is 0 Å². The largest absolute Gasteiger partial charge is 0.376 e. The molecule has 1 atom stereocenters. The van der Waals surface area contributed by atoms with E-state index in [9.17, 15) is 9.59 Å². The quantitative estimate of drug-likeness (QED) is 0.797. The number of hydrogen-bond acceptors (Lipinski definition) is 3. The molecule has 0 radical (unpaired) electrons. The topological polar surface area (TPSA) is 65.6 Å². The zero-order valence-electron chi connectivity index (χ0n) is 18.2. The van der Waals surface area contributed by atoms with E-state index in [1.807, 2.05) is 57.7 Å². The first kappa shape index (κ1) is 21.4. The lowest BCUT2D eigenvalue weighted by Gasteiger charge is -2.37. The molecule has 158 valence electrons. The molecule has 0 saturated carbocycles. The number of nitrogens with zero attached hydrogens (tertiary/aromatic N) is 2. The molecule has 29 heavy (non-hydrogen) atoms. The van der Waals surface area contributed by atoms with Gasteiger partial charge in [-0.2, -0.15) is 0 Å².